The van der Waals surface area contributed by atoms with Gasteiger partial charge in [-0.05, 0) is 20.3 Å². The third kappa shape index (κ3) is 8.43. The minimum absolute atomic E-state index is 0.128. The smallest absolute Gasteiger partial charge is 0.276 e. The lowest BCUT2D eigenvalue weighted by Gasteiger charge is -2.09. The van der Waals surface area contributed by atoms with Crippen molar-refractivity contribution in [1.82, 2.24) is 9.44 Å². The van der Waals surface area contributed by atoms with Crippen LogP contribution in [0.15, 0.2) is 0 Å². The van der Waals surface area contributed by atoms with E-state index in [4.69, 9.17) is 4.74 Å². The first kappa shape index (κ1) is 13.8. The second-order valence-corrected chi connectivity index (χ2v) is 4.80. The van der Waals surface area contributed by atoms with Crippen LogP contribution in [0.5, 0.6) is 0 Å². The molecular weight excluding hydrogens is 204 g/mol. The highest BCUT2D eigenvalue weighted by molar-refractivity contribution is 7.87. The molecule has 14 heavy (non-hydrogen) atoms. The Morgan fingerprint density at radius 1 is 1.21 bits per heavy atom. The van der Waals surface area contributed by atoms with Gasteiger partial charge in [0.05, 0.1) is 12.7 Å². The average molecular weight is 224 g/mol. The maximum atomic E-state index is 11.2. The van der Waals surface area contributed by atoms with Crippen molar-refractivity contribution in [1.29, 1.82) is 0 Å². The standard InChI is InChI=1S/C8H20N2O3S/c1-4-5-9-14(11,12)10-6-7-13-8(2)3/h8-10H,4-7H2,1-3H3. The van der Waals surface area contributed by atoms with E-state index in [1.54, 1.807) is 0 Å². The van der Waals surface area contributed by atoms with E-state index in [0.717, 1.165) is 6.42 Å². The molecule has 0 fully saturated rings. The van der Waals surface area contributed by atoms with Crippen LogP contribution in [0.2, 0.25) is 0 Å². The summed E-state index contributed by atoms with van der Waals surface area (Å²) in [4.78, 5) is 0. The van der Waals surface area contributed by atoms with Gasteiger partial charge in [-0.25, -0.2) is 4.72 Å². The first-order chi connectivity index (χ1) is 6.48. The van der Waals surface area contributed by atoms with Crippen LogP contribution in [0.4, 0.5) is 0 Å². The summed E-state index contributed by atoms with van der Waals surface area (Å²) in [6, 6.07) is 0. The molecule has 0 aromatic heterocycles. The number of hydrogen-bond donors (Lipinski definition) is 2. The Labute approximate surface area is 86.4 Å². The highest BCUT2D eigenvalue weighted by atomic mass is 32.2. The summed E-state index contributed by atoms with van der Waals surface area (Å²) in [5, 5.41) is 0. The summed E-state index contributed by atoms with van der Waals surface area (Å²) in [5.41, 5.74) is 0. The summed E-state index contributed by atoms with van der Waals surface area (Å²) < 4.78 is 32.3. The van der Waals surface area contributed by atoms with E-state index in [2.05, 4.69) is 9.44 Å². The summed E-state index contributed by atoms with van der Waals surface area (Å²) in [5.74, 6) is 0. The van der Waals surface area contributed by atoms with Gasteiger partial charge in [-0.1, -0.05) is 6.92 Å². The van der Waals surface area contributed by atoms with Gasteiger partial charge in [-0.2, -0.15) is 13.1 Å². The Morgan fingerprint density at radius 2 is 1.79 bits per heavy atom. The molecule has 0 saturated heterocycles. The van der Waals surface area contributed by atoms with Crippen molar-refractivity contribution in [3.05, 3.63) is 0 Å². The molecule has 86 valence electrons. The fraction of sp³-hybridized carbons (Fsp3) is 1.00. The van der Waals surface area contributed by atoms with E-state index in [0.29, 0.717) is 19.7 Å². The monoisotopic (exact) mass is 224 g/mol. The van der Waals surface area contributed by atoms with Gasteiger partial charge in [0.2, 0.25) is 0 Å². The number of rotatable bonds is 8. The van der Waals surface area contributed by atoms with Crippen molar-refractivity contribution in [2.45, 2.75) is 33.3 Å². The quantitative estimate of drug-likeness (QED) is 0.581. The first-order valence-electron chi connectivity index (χ1n) is 4.83. The van der Waals surface area contributed by atoms with Gasteiger partial charge in [0.15, 0.2) is 0 Å². The second kappa shape index (κ2) is 7.17. The molecule has 2 N–H and O–H groups in total. The van der Waals surface area contributed by atoms with Gasteiger partial charge in [0.1, 0.15) is 0 Å². The molecule has 0 aliphatic carbocycles. The molecule has 0 spiro atoms. The van der Waals surface area contributed by atoms with Crippen molar-refractivity contribution in [3.63, 3.8) is 0 Å². The van der Waals surface area contributed by atoms with Crippen LogP contribution in [-0.2, 0) is 14.9 Å². The molecule has 5 nitrogen and oxygen atoms in total. The molecule has 0 aliphatic heterocycles. The molecule has 0 aliphatic rings. The Hall–Kier alpha value is -0.170. The lowest BCUT2D eigenvalue weighted by Crippen LogP contribution is -2.38. The zero-order chi connectivity index (χ0) is 11.0. The van der Waals surface area contributed by atoms with Gasteiger partial charge in [-0.3, -0.25) is 0 Å². The molecule has 0 unspecified atom stereocenters. The molecule has 0 atom stereocenters. The maximum absolute atomic E-state index is 11.2. The van der Waals surface area contributed by atoms with Crippen molar-refractivity contribution < 1.29 is 13.2 Å². The minimum Gasteiger partial charge on any atom is -0.377 e. The van der Waals surface area contributed by atoms with Crippen LogP contribution in [-0.4, -0.2) is 34.2 Å². The van der Waals surface area contributed by atoms with Gasteiger partial charge in [0, 0.05) is 13.1 Å². The highest BCUT2D eigenvalue weighted by Crippen LogP contribution is 1.86. The van der Waals surface area contributed by atoms with Crippen molar-refractivity contribution in [2.75, 3.05) is 19.7 Å². The molecule has 6 heteroatoms. The average Bonchev–Trinajstić information content (AvgIpc) is 2.09. The number of nitrogens with one attached hydrogen (secondary N) is 2. The zero-order valence-electron chi connectivity index (χ0n) is 9.04. The van der Waals surface area contributed by atoms with E-state index < -0.39 is 10.2 Å². The van der Waals surface area contributed by atoms with E-state index >= 15 is 0 Å². The predicted molar refractivity (Wildman–Crippen MR) is 56.3 cm³/mol. The SMILES string of the molecule is CCCNS(=O)(=O)NCCOC(C)C. The van der Waals surface area contributed by atoms with Crippen LogP contribution in [0.1, 0.15) is 27.2 Å². The fourth-order valence-electron chi connectivity index (χ4n) is 0.758. The van der Waals surface area contributed by atoms with Gasteiger partial charge in [0.25, 0.3) is 10.2 Å². The molecule has 0 radical (unpaired) electrons. The van der Waals surface area contributed by atoms with Crippen LogP contribution in [0.3, 0.4) is 0 Å². The molecule has 0 rings (SSSR count). The molecule has 0 saturated carbocycles. The molecule has 0 amide bonds. The van der Waals surface area contributed by atoms with Gasteiger partial charge < -0.3 is 4.74 Å². The largest absolute Gasteiger partial charge is 0.377 e. The Bertz CT molecular complexity index is 227. The van der Waals surface area contributed by atoms with Crippen LogP contribution in [0, 0.1) is 0 Å². The summed E-state index contributed by atoms with van der Waals surface area (Å²) in [7, 11) is -3.32. The van der Waals surface area contributed by atoms with Crippen LogP contribution >= 0.6 is 0 Å². The predicted octanol–water partition coefficient (Wildman–Crippen LogP) is 0.245. The lowest BCUT2D eigenvalue weighted by molar-refractivity contribution is 0.0833. The first-order valence-corrected chi connectivity index (χ1v) is 6.32. The summed E-state index contributed by atoms with van der Waals surface area (Å²) >= 11 is 0. The Morgan fingerprint density at radius 3 is 2.29 bits per heavy atom. The third-order valence-electron chi connectivity index (χ3n) is 1.39. The number of hydrogen-bond acceptors (Lipinski definition) is 3. The molecular formula is C8H20N2O3S. The highest BCUT2D eigenvalue weighted by Gasteiger charge is 2.06. The maximum Gasteiger partial charge on any atom is 0.276 e. The lowest BCUT2D eigenvalue weighted by atomic mass is 10.5. The van der Waals surface area contributed by atoms with Gasteiger partial charge in [-0.15, -0.1) is 0 Å². The molecule has 0 aromatic rings. The van der Waals surface area contributed by atoms with Crippen molar-refractivity contribution in [2.24, 2.45) is 0 Å². The van der Waals surface area contributed by atoms with Crippen molar-refractivity contribution in [3.8, 4) is 0 Å². The van der Waals surface area contributed by atoms with E-state index in [1.807, 2.05) is 20.8 Å². The van der Waals surface area contributed by atoms with E-state index in [-0.39, 0.29) is 6.10 Å². The van der Waals surface area contributed by atoms with Crippen LogP contribution < -0.4 is 9.44 Å². The summed E-state index contributed by atoms with van der Waals surface area (Å²) in [6.07, 6.45) is 0.909. The zero-order valence-corrected chi connectivity index (χ0v) is 9.86. The normalized spacial score (nSPS) is 12.3. The number of ether oxygens (including phenoxy) is 1. The fourth-order valence-corrected chi connectivity index (χ4v) is 1.69. The molecule has 0 heterocycles. The Kier molecular flexibility index (Phi) is 7.08. The molecule has 0 aromatic carbocycles. The third-order valence-corrected chi connectivity index (χ3v) is 2.56. The van der Waals surface area contributed by atoms with Crippen LogP contribution in [0.25, 0.3) is 0 Å². The van der Waals surface area contributed by atoms with E-state index in [1.165, 1.54) is 0 Å². The Balaban J connectivity index is 3.56. The molecule has 0 bridgehead atoms. The van der Waals surface area contributed by atoms with Crippen molar-refractivity contribution >= 4 is 10.2 Å². The van der Waals surface area contributed by atoms with E-state index in [9.17, 15) is 8.42 Å². The van der Waals surface area contributed by atoms with Gasteiger partial charge >= 0.3 is 0 Å². The topological polar surface area (TPSA) is 67.4 Å². The minimum atomic E-state index is -3.32. The summed E-state index contributed by atoms with van der Waals surface area (Å²) in [6.45, 7) is 6.88. The second-order valence-electron chi connectivity index (χ2n) is 3.21.